The lowest BCUT2D eigenvalue weighted by atomic mass is 10.0. The highest BCUT2D eigenvalue weighted by Crippen LogP contribution is 2.40. The van der Waals surface area contributed by atoms with Gasteiger partial charge >= 0.3 is 12.3 Å². The van der Waals surface area contributed by atoms with Crippen LogP contribution in [-0.2, 0) is 10.9 Å². The largest absolute Gasteiger partial charge is 0.444 e. The molecule has 1 aromatic carbocycles. The molecule has 0 spiro atoms. The SMILES string of the molecule is C=Cc1c(C(F)(F)F)ccc(NC(=O)OC(C)(C)C)c1N=C.CC. The second kappa shape index (κ2) is 8.52. The molecule has 134 valence electrons. The fraction of sp³-hybridized carbons (Fsp3) is 0.412. The molecule has 0 atom stereocenters. The summed E-state index contributed by atoms with van der Waals surface area (Å²) >= 11 is 0. The maximum absolute atomic E-state index is 12.9. The molecule has 4 nitrogen and oxygen atoms in total. The summed E-state index contributed by atoms with van der Waals surface area (Å²) in [5.41, 5.74) is -1.95. The number of amides is 1. The van der Waals surface area contributed by atoms with Crippen LogP contribution in [0.3, 0.4) is 0 Å². The number of ether oxygens (including phenoxy) is 1. The number of nitrogens with zero attached hydrogens (tertiary/aromatic N) is 1. The van der Waals surface area contributed by atoms with Gasteiger partial charge in [-0.3, -0.25) is 10.3 Å². The Balaban J connectivity index is 0.00000254. The zero-order valence-electron chi connectivity index (χ0n) is 14.5. The molecule has 0 unspecified atom stereocenters. The van der Waals surface area contributed by atoms with Crippen LogP contribution in [0.1, 0.15) is 45.7 Å². The smallest absolute Gasteiger partial charge is 0.417 e. The predicted molar refractivity (Wildman–Crippen MR) is 91.9 cm³/mol. The first kappa shape index (κ1) is 21.7. The van der Waals surface area contributed by atoms with Crippen molar-refractivity contribution in [2.24, 2.45) is 4.99 Å². The van der Waals surface area contributed by atoms with Crippen molar-refractivity contribution < 1.29 is 22.7 Å². The van der Waals surface area contributed by atoms with Crippen molar-refractivity contribution in [3.05, 3.63) is 29.8 Å². The molecule has 24 heavy (non-hydrogen) atoms. The highest BCUT2D eigenvalue weighted by molar-refractivity contribution is 5.92. The summed E-state index contributed by atoms with van der Waals surface area (Å²) in [5.74, 6) is 0. The minimum atomic E-state index is -4.56. The monoisotopic (exact) mass is 344 g/mol. The van der Waals surface area contributed by atoms with Crippen LogP contribution < -0.4 is 5.32 Å². The Morgan fingerprint density at radius 2 is 1.79 bits per heavy atom. The summed E-state index contributed by atoms with van der Waals surface area (Å²) in [6.45, 7) is 15.6. The average Bonchev–Trinajstić information content (AvgIpc) is 2.45. The lowest BCUT2D eigenvalue weighted by Gasteiger charge is -2.21. The minimum absolute atomic E-state index is 0.0622. The number of carbonyl (C=O) groups is 1. The number of alkyl halides is 3. The second-order valence-electron chi connectivity index (χ2n) is 5.41. The zero-order chi connectivity index (χ0) is 19.1. The number of rotatable bonds is 3. The summed E-state index contributed by atoms with van der Waals surface area (Å²) in [4.78, 5) is 15.3. The Labute approximate surface area is 140 Å². The van der Waals surface area contributed by atoms with E-state index in [9.17, 15) is 18.0 Å². The van der Waals surface area contributed by atoms with Crippen molar-refractivity contribution in [2.45, 2.75) is 46.4 Å². The van der Waals surface area contributed by atoms with Crippen molar-refractivity contribution >= 4 is 30.3 Å². The van der Waals surface area contributed by atoms with Crippen molar-refractivity contribution in [2.75, 3.05) is 5.32 Å². The molecule has 0 saturated heterocycles. The molecule has 1 N–H and O–H groups in total. The Bertz CT molecular complexity index is 603. The number of benzene rings is 1. The van der Waals surface area contributed by atoms with Crippen molar-refractivity contribution in [1.29, 1.82) is 0 Å². The van der Waals surface area contributed by atoms with Gasteiger partial charge < -0.3 is 4.74 Å². The maximum atomic E-state index is 12.9. The Kier molecular flexibility index (Phi) is 7.70. The van der Waals surface area contributed by atoms with Crippen LogP contribution in [0, 0.1) is 0 Å². The van der Waals surface area contributed by atoms with E-state index in [-0.39, 0.29) is 16.9 Å². The number of hydrogen-bond donors (Lipinski definition) is 1. The van der Waals surface area contributed by atoms with E-state index in [0.717, 1.165) is 18.2 Å². The molecule has 0 fully saturated rings. The van der Waals surface area contributed by atoms with E-state index in [1.54, 1.807) is 20.8 Å². The quantitative estimate of drug-likeness (QED) is 0.678. The van der Waals surface area contributed by atoms with Crippen molar-refractivity contribution in [3.8, 4) is 0 Å². The van der Waals surface area contributed by atoms with Gasteiger partial charge in [-0.25, -0.2) is 4.79 Å². The maximum Gasteiger partial charge on any atom is 0.417 e. The molecule has 1 aromatic rings. The number of halogens is 3. The first-order valence-electron chi connectivity index (χ1n) is 7.33. The van der Waals surface area contributed by atoms with Gasteiger partial charge in [-0.1, -0.05) is 26.5 Å². The summed E-state index contributed by atoms with van der Waals surface area (Å²) in [5, 5.41) is 2.36. The Morgan fingerprint density at radius 1 is 1.25 bits per heavy atom. The summed E-state index contributed by atoms with van der Waals surface area (Å²) in [6, 6.07) is 1.95. The van der Waals surface area contributed by atoms with Crippen LogP contribution in [0.4, 0.5) is 29.3 Å². The predicted octanol–water partition coefficient (Wildman–Crippen LogP) is 6.05. The lowest BCUT2D eigenvalue weighted by Crippen LogP contribution is -2.27. The van der Waals surface area contributed by atoms with Crippen LogP contribution in [-0.4, -0.2) is 18.4 Å². The molecule has 0 aliphatic rings. The minimum Gasteiger partial charge on any atom is -0.444 e. The normalized spacial score (nSPS) is 11.0. The number of aliphatic imine (C=N–C) groups is 1. The third kappa shape index (κ3) is 6.06. The van der Waals surface area contributed by atoms with Crippen LogP contribution >= 0.6 is 0 Å². The third-order valence-electron chi connectivity index (χ3n) is 2.52. The van der Waals surface area contributed by atoms with Gasteiger partial charge in [0.15, 0.2) is 0 Å². The standard InChI is InChI=1S/C15H17F3N2O2.C2H6/c1-6-9-10(15(16,17)18)7-8-11(12(9)19-5)20-13(21)22-14(2,3)4;1-2/h6-8H,1,5H2,2-4H3,(H,20,21);1-2H3. The summed E-state index contributed by atoms with van der Waals surface area (Å²) in [7, 11) is 0. The van der Waals surface area contributed by atoms with Gasteiger partial charge in [0.1, 0.15) is 5.60 Å². The molecular weight excluding hydrogens is 321 g/mol. The van der Waals surface area contributed by atoms with Crippen molar-refractivity contribution in [1.82, 2.24) is 0 Å². The fourth-order valence-electron chi connectivity index (χ4n) is 1.75. The molecular formula is C17H23F3N2O2. The van der Waals surface area contributed by atoms with E-state index in [1.165, 1.54) is 0 Å². The van der Waals surface area contributed by atoms with Crippen LogP contribution in [0.25, 0.3) is 6.08 Å². The zero-order valence-corrected chi connectivity index (χ0v) is 14.5. The van der Waals surface area contributed by atoms with Gasteiger partial charge in [-0.05, 0) is 39.6 Å². The number of carbonyl (C=O) groups excluding carboxylic acids is 1. The molecule has 1 amide bonds. The van der Waals surface area contributed by atoms with Gasteiger partial charge in [-0.2, -0.15) is 13.2 Å². The molecule has 0 aliphatic carbocycles. The number of hydrogen-bond acceptors (Lipinski definition) is 3. The van der Waals surface area contributed by atoms with Crippen LogP contribution in [0.15, 0.2) is 23.7 Å². The summed E-state index contributed by atoms with van der Waals surface area (Å²) in [6.07, 6.45) is -4.34. The second-order valence-corrected chi connectivity index (χ2v) is 5.41. The molecule has 0 heterocycles. The third-order valence-corrected chi connectivity index (χ3v) is 2.52. The Morgan fingerprint density at radius 3 is 2.17 bits per heavy atom. The molecule has 0 aliphatic heterocycles. The highest BCUT2D eigenvalue weighted by Gasteiger charge is 2.34. The Hall–Kier alpha value is -2.31. The van der Waals surface area contributed by atoms with Crippen LogP contribution in [0.2, 0.25) is 0 Å². The van der Waals surface area contributed by atoms with Crippen LogP contribution in [0.5, 0.6) is 0 Å². The van der Waals surface area contributed by atoms with Crippen molar-refractivity contribution in [3.63, 3.8) is 0 Å². The van der Waals surface area contributed by atoms with E-state index >= 15 is 0 Å². The van der Waals surface area contributed by atoms with E-state index in [4.69, 9.17) is 4.74 Å². The van der Waals surface area contributed by atoms with Gasteiger partial charge in [0, 0.05) is 5.56 Å². The highest BCUT2D eigenvalue weighted by atomic mass is 19.4. The van der Waals surface area contributed by atoms with E-state index in [2.05, 4.69) is 23.6 Å². The molecule has 0 aromatic heterocycles. The summed E-state index contributed by atoms with van der Waals surface area (Å²) < 4.78 is 43.9. The van der Waals surface area contributed by atoms with Gasteiger partial charge in [-0.15, -0.1) is 0 Å². The first-order chi connectivity index (χ1) is 11.0. The lowest BCUT2D eigenvalue weighted by molar-refractivity contribution is -0.137. The van der Waals surface area contributed by atoms with E-state index in [1.807, 2.05) is 13.8 Å². The van der Waals surface area contributed by atoms with Gasteiger partial charge in [0.25, 0.3) is 0 Å². The molecule has 0 bridgehead atoms. The first-order valence-corrected chi connectivity index (χ1v) is 7.33. The fourth-order valence-corrected chi connectivity index (χ4v) is 1.75. The molecule has 0 saturated carbocycles. The topological polar surface area (TPSA) is 50.7 Å². The molecule has 7 heteroatoms. The number of nitrogens with one attached hydrogen (secondary N) is 1. The van der Waals surface area contributed by atoms with Gasteiger partial charge in [0.05, 0.1) is 16.9 Å². The molecule has 1 rings (SSSR count). The molecule has 0 radical (unpaired) electrons. The van der Waals surface area contributed by atoms with E-state index in [0.29, 0.717) is 0 Å². The van der Waals surface area contributed by atoms with Gasteiger partial charge in [0.2, 0.25) is 0 Å². The number of anilines is 1. The average molecular weight is 344 g/mol. The van der Waals surface area contributed by atoms with E-state index < -0.39 is 23.4 Å².